The van der Waals surface area contributed by atoms with E-state index in [1.807, 2.05) is 42.6 Å². The van der Waals surface area contributed by atoms with Crippen LogP contribution in [0.5, 0.6) is 5.88 Å². The van der Waals surface area contributed by atoms with E-state index in [-0.39, 0.29) is 28.2 Å². The van der Waals surface area contributed by atoms with Crippen molar-refractivity contribution in [3.63, 3.8) is 0 Å². The van der Waals surface area contributed by atoms with E-state index >= 15 is 0 Å². The largest absolute Gasteiger partial charge is 0.476 e. The van der Waals surface area contributed by atoms with Gasteiger partial charge in [0.25, 0.3) is 5.91 Å². The lowest BCUT2D eigenvalue weighted by Crippen LogP contribution is -2.40. The SMILES string of the molecule is CC1C=CC=CC(SNC(=O)c2ccc(-n3ccc(OCC45CC(F)[C@H]4C5)n3)nc2N2CC(C)(C)CC2(C)C)=C1. The van der Waals surface area contributed by atoms with Gasteiger partial charge in [0.2, 0.25) is 5.88 Å². The summed E-state index contributed by atoms with van der Waals surface area (Å²) in [6, 6.07) is 5.47. The maximum Gasteiger partial charge on any atom is 0.265 e. The number of ether oxygens (including phenoxy) is 1. The van der Waals surface area contributed by atoms with Crippen molar-refractivity contribution in [1.82, 2.24) is 19.5 Å². The molecular formula is C31H38FN5O2S. The summed E-state index contributed by atoms with van der Waals surface area (Å²) in [5.41, 5.74) is 0.447. The minimum atomic E-state index is -0.668. The van der Waals surface area contributed by atoms with Crippen LogP contribution in [0.3, 0.4) is 0 Å². The van der Waals surface area contributed by atoms with Crippen molar-refractivity contribution in [1.29, 1.82) is 0 Å². The van der Waals surface area contributed by atoms with Crippen LogP contribution in [0.1, 0.15) is 64.2 Å². The second kappa shape index (κ2) is 9.79. The predicted octanol–water partition coefficient (Wildman–Crippen LogP) is 6.43. The lowest BCUT2D eigenvalue weighted by atomic mass is 9.84. The summed E-state index contributed by atoms with van der Waals surface area (Å²) < 4.78 is 24.2. The van der Waals surface area contributed by atoms with Gasteiger partial charge in [-0.2, -0.15) is 0 Å². The molecule has 1 aliphatic heterocycles. The second-order valence-corrected chi connectivity index (χ2v) is 14.1. The van der Waals surface area contributed by atoms with Crippen molar-refractivity contribution < 1.29 is 13.9 Å². The normalized spacial score (nSPS) is 29.3. The Hall–Kier alpha value is -3.07. The second-order valence-electron chi connectivity index (χ2n) is 13.3. The fourth-order valence-corrected chi connectivity index (χ4v) is 7.46. The molecule has 3 fully saturated rings. The molecule has 6 rings (SSSR count). The molecule has 4 atom stereocenters. The summed E-state index contributed by atoms with van der Waals surface area (Å²) in [7, 11) is 0. The molecule has 2 aromatic heterocycles. The molecule has 0 radical (unpaired) electrons. The Morgan fingerprint density at radius 1 is 1.20 bits per heavy atom. The first-order chi connectivity index (χ1) is 18.9. The Morgan fingerprint density at radius 2 is 2.02 bits per heavy atom. The Kier molecular flexibility index (Phi) is 6.63. The van der Waals surface area contributed by atoms with E-state index in [0.29, 0.717) is 42.0 Å². The van der Waals surface area contributed by atoms with Gasteiger partial charge < -0.3 is 9.64 Å². The van der Waals surface area contributed by atoms with E-state index in [4.69, 9.17) is 9.72 Å². The van der Waals surface area contributed by atoms with E-state index in [1.54, 1.807) is 4.68 Å². The molecule has 212 valence electrons. The van der Waals surface area contributed by atoms with Crippen LogP contribution in [0, 0.1) is 22.7 Å². The minimum Gasteiger partial charge on any atom is -0.476 e. The van der Waals surface area contributed by atoms with Crippen LogP contribution in [0.2, 0.25) is 0 Å². The molecule has 4 aliphatic rings. The van der Waals surface area contributed by atoms with Crippen LogP contribution in [0.15, 0.2) is 59.7 Å². The van der Waals surface area contributed by atoms with E-state index in [1.165, 1.54) is 11.9 Å². The average molecular weight is 564 g/mol. The highest BCUT2D eigenvalue weighted by atomic mass is 32.2. The summed E-state index contributed by atoms with van der Waals surface area (Å²) in [4.78, 5) is 21.8. The first kappa shape index (κ1) is 27.1. The number of aromatic nitrogens is 3. The van der Waals surface area contributed by atoms with Crippen molar-refractivity contribution in [3.05, 3.63) is 65.2 Å². The Labute approximate surface area is 240 Å². The topological polar surface area (TPSA) is 72.3 Å². The smallest absolute Gasteiger partial charge is 0.265 e. The van der Waals surface area contributed by atoms with Gasteiger partial charge in [-0.15, -0.1) is 5.10 Å². The zero-order valence-electron chi connectivity index (χ0n) is 23.9. The number of rotatable bonds is 8. The zero-order chi connectivity index (χ0) is 28.3. The van der Waals surface area contributed by atoms with Crippen LogP contribution in [0.4, 0.5) is 10.2 Å². The highest BCUT2D eigenvalue weighted by molar-refractivity contribution is 8.01. The van der Waals surface area contributed by atoms with Gasteiger partial charge in [-0.1, -0.05) is 45.1 Å². The lowest BCUT2D eigenvalue weighted by molar-refractivity contribution is 0.0729. The van der Waals surface area contributed by atoms with Gasteiger partial charge >= 0.3 is 0 Å². The molecule has 3 aliphatic carbocycles. The van der Waals surface area contributed by atoms with Gasteiger partial charge in [0.1, 0.15) is 12.0 Å². The van der Waals surface area contributed by atoms with Crippen molar-refractivity contribution in [2.45, 2.75) is 65.6 Å². The molecule has 0 spiro atoms. The maximum absolute atomic E-state index is 13.6. The van der Waals surface area contributed by atoms with Crippen LogP contribution >= 0.6 is 11.9 Å². The lowest BCUT2D eigenvalue weighted by Gasteiger charge is -2.34. The molecule has 2 aromatic rings. The highest BCUT2D eigenvalue weighted by Gasteiger charge is 2.68. The first-order valence-corrected chi connectivity index (χ1v) is 14.9. The maximum atomic E-state index is 13.6. The number of alkyl halides is 1. The molecule has 1 amide bonds. The highest BCUT2D eigenvalue weighted by Crippen LogP contribution is 2.68. The van der Waals surface area contributed by atoms with Gasteiger partial charge in [0.15, 0.2) is 5.82 Å². The quantitative estimate of drug-likeness (QED) is 0.373. The monoisotopic (exact) mass is 563 g/mol. The number of halogens is 1. The summed E-state index contributed by atoms with van der Waals surface area (Å²) in [5.74, 6) is 2.03. The summed E-state index contributed by atoms with van der Waals surface area (Å²) >= 11 is 1.32. The molecule has 40 heavy (non-hydrogen) atoms. The summed E-state index contributed by atoms with van der Waals surface area (Å²) in [5, 5.41) is 4.59. The number of carbonyl (C=O) groups is 1. The number of hydrogen-bond donors (Lipinski definition) is 1. The third-order valence-electron chi connectivity index (χ3n) is 8.66. The number of anilines is 1. The number of allylic oxidation sites excluding steroid dienone is 5. The number of nitrogens with zero attached hydrogens (tertiary/aromatic N) is 4. The van der Waals surface area contributed by atoms with E-state index < -0.39 is 6.17 Å². The summed E-state index contributed by atoms with van der Waals surface area (Å²) in [6.07, 6.45) is 13.9. The molecule has 3 unspecified atom stereocenters. The molecule has 7 nitrogen and oxygen atoms in total. The van der Waals surface area contributed by atoms with Crippen LogP contribution in [-0.4, -0.2) is 45.5 Å². The molecule has 0 aromatic carbocycles. The first-order valence-electron chi connectivity index (χ1n) is 14.1. The standard InChI is InChI=1S/C31H38FN5O2S/c1-20-8-6-7-9-21(14-20)40-35-28(38)22-10-11-25(33-27(22)36-18-29(2,3)17-30(36,4)5)37-13-12-26(34-37)39-19-31-15-23(31)24(32)16-31/h6-14,20,23-24H,15-19H2,1-5H3,(H,35,38)/t20?,23-,24?,31?/m1/s1. The molecule has 2 saturated carbocycles. The minimum absolute atomic E-state index is 0.0208. The van der Waals surface area contributed by atoms with Gasteiger partial charge in [0.05, 0.1) is 12.2 Å². The van der Waals surface area contributed by atoms with Crippen LogP contribution in [-0.2, 0) is 0 Å². The Balaban J connectivity index is 1.24. The Bertz CT molecular complexity index is 1410. The molecule has 3 heterocycles. The van der Waals surface area contributed by atoms with Crippen molar-refractivity contribution in [3.8, 4) is 11.7 Å². The molecule has 9 heteroatoms. The molecular weight excluding hydrogens is 525 g/mol. The van der Waals surface area contributed by atoms with Crippen molar-refractivity contribution in [2.24, 2.45) is 22.7 Å². The van der Waals surface area contributed by atoms with E-state index in [2.05, 4.69) is 61.5 Å². The van der Waals surface area contributed by atoms with Gasteiger partial charge in [-0.25, -0.2) is 14.1 Å². The van der Waals surface area contributed by atoms with Gasteiger partial charge in [-0.3, -0.25) is 9.52 Å². The van der Waals surface area contributed by atoms with Gasteiger partial charge in [-0.05, 0) is 80.5 Å². The molecule has 0 bridgehead atoms. The fraction of sp³-hybridized carbons (Fsp3) is 0.516. The third kappa shape index (κ3) is 5.20. The molecule has 1 N–H and O–H groups in total. The zero-order valence-corrected chi connectivity index (χ0v) is 24.7. The number of amides is 1. The van der Waals surface area contributed by atoms with Crippen molar-refractivity contribution >= 4 is 23.7 Å². The number of pyridine rings is 1. The average Bonchev–Trinajstić information content (AvgIpc) is 3.20. The number of hydrogen-bond acceptors (Lipinski definition) is 6. The number of carbonyl (C=O) groups excluding carboxylic acids is 1. The van der Waals surface area contributed by atoms with Crippen LogP contribution in [0.25, 0.3) is 5.82 Å². The van der Waals surface area contributed by atoms with E-state index in [0.717, 1.165) is 24.3 Å². The fourth-order valence-electron chi connectivity index (χ4n) is 6.71. The number of nitrogens with one attached hydrogen (secondary N) is 1. The molecule has 1 saturated heterocycles. The predicted molar refractivity (Wildman–Crippen MR) is 157 cm³/mol. The van der Waals surface area contributed by atoms with Gasteiger partial charge in [0, 0.05) is 34.7 Å². The Morgan fingerprint density at radius 3 is 2.73 bits per heavy atom. The summed E-state index contributed by atoms with van der Waals surface area (Å²) in [6.45, 7) is 12.3. The third-order valence-corrected chi connectivity index (χ3v) is 9.46. The number of fused-ring (bicyclic) bond motifs is 1. The van der Waals surface area contributed by atoms with E-state index in [9.17, 15) is 9.18 Å². The van der Waals surface area contributed by atoms with Crippen molar-refractivity contribution in [2.75, 3.05) is 18.1 Å². The van der Waals surface area contributed by atoms with Crippen LogP contribution < -0.4 is 14.4 Å².